The van der Waals surface area contributed by atoms with Crippen molar-refractivity contribution in [2.75, 3.05) is 13.2 Å². The summed E-state index contributed by atoms with van der Waals surface area (Å²) in [6, 6.07) is 1.06. The van der Waals surface area contributed by atoms with E-state index in [4.69, 9.17) is 14.5 Å². The topological polar surface area (TPSA) is 154 Å². The van der Waals surface area contributed by atoms with Gasteiger partial charge in [0.25, 0.3) is 5.56 Å². The monoisotopic (exact) mass is 356 g/mol. The fourth-order valence-electron chi connectivity index (χ4n) is 1.55. The number of aliphatic hydroxyl groups excluding tert-OH is 2. The lowest BCUT2D eigenvalue weighted by molar-refractivity contribution is -0.136. The first-order chi connectivity index (χ1) is 10.1. The van der Waals surface area contributed by atoms with Crippen LogP contribution in [0, 0.1) is 0 Å². The number of rotatable bonds is 8. The number of aliphatic hydroxyl groups is 2. The number of hydrogen-bond donors (Lipinski definition) is 5. The third-order valence-corrected chi connectivity index (χ3v) is 3.30. The van der Waals surface area contributed by atoms with Gasteiger partial charge in [-0.25, -0.2) is 4.79 Å². The molecular weight excluding hydrogens is 339 g/mol. The van der Waals surface area contributed by atoms with E-state index in [1.165, 1.54) is 6.92 Å². The van der Waals surface area contributed by atoms with Crippen LogP contribution in [-0.2, 0) is 21.1 Å². The zero-order chi connectivity index (χ0) is 16.9. The summed E-state index contributed by atoms with van der Waals surface area (Å²) in [5.41, 5.74) is -1.43. The molecule has 0 fully saturated rings. The van der Waals surface area contributed by atoms with E-state index in [0.717, 1.165) is 16.8 Å². The Morgan fingerprint density at radius 3 is 2.55 bits per heavy atom. The maximum atomic E-state index is 11.7. The van der Waals surface area contributed by atoms with Gasteiger partial charge >= 0.3 is 12.4 Å². The fraction of sp³-hybridized carbons (Fsp3) is 0.600. The highest BCUT2D eigenvalue weighted by Crippen LogP contribution is 2.36. The highest BCUT2D eigenvalue weighted by Gasteiger charge is 2.25. The molecule has 126 valence electrons. The molecule has 0 bridgehead atoms. The summed E-state index contributed by atoms with van der Waals surface area (Å²) < 4.78 is 10.8. The molecule has 0 saturated heterocycles. The second kappa shape index (κ2) is 8.09. The van der Waals surface area contributed by atoms with Gasteiger partial charge in [-0.2, -0.15) is 0 Å². The summed E-state index contributed by atoms with van der Waals surface area (Å²) in [6.45, 7) is -3.63. The number of aromatic amines is 1. The molecule has 0 aliphatic carbocycles. The first kappa shape index (κ1) is 19.1. The van der Waals surface area contributed by atoms with E-state index in [1.54, 1.807) is 0 Å². The minimum atomic E-state index is -3.92. The van der Waals surface area contributed by atoms with Gasteiger partial charge in [0.05, 0.1) is 19.3 Å². The molecule has 3 atom stereocenters. The number of nitrogens with one attached hydrogen (secondary N) is 1. The molecular formula is C10H17N2O8PS. The quantitative estimate of drug-likeness (QED) is 0.333. The van der Waals surface area contributed by atoms with Crippen LogP contribution in [0.3, 0.4) is 0 Å². The van der Waals surface area contributed by atoms with Gasteiger partial charge in [0.15, 0.2) is 6.23 Å². The van der Waals surface area contributed by atoms with Crippen molar-refractivity contribution in [1.82, 2.24) is 9.55 Å². The summed E-state index contributed by atoms with van der Waals surface area (Å²) in [5.74, 6) is 0. The third kappa shape index (κ3) is 6.07. The van der Waals surface area contributed by atoms with Gasteiger partial charge in [0, 0.05) is 12.3 Å². The van der Waals surface area contributed by atoms with Gasteiger partial charge in [-0.1, -0.05) is 0 Å². The molecule has 22 heavy (non-hydrogen) atoms. The zero-order valence-corrected chi connectivity index (χ0v) is 13.2. The lowest BCUT2D eigenvalue weighted by Gasteiger charge is -2.27. The maximum Gasteiger partial charge on any atom is 0.330 e. The van der Waals surface area contributed by atoms with Crippen molar-refractivity contribution in [3.05, 3.63) is 33.1 Å². The molecule has 0 amide bonds. The van der Waals surface area contributed by atoms with Crippen LogP contribution in [0.15, 0.2) is 21.9 Å². The van der Waals surface area contributed by atoms with E-state index in [9.17, 15) is 19.8 Å². The van der Waals surface area contributed by atoms with Gasteiger partial charge in [-0.3, -0.25) is 14.3 Å². The second-order valence-electron chi connectivity index (χ2n) is 4.38. The smallest absolute Gasteiger partial charge is 0.330 e. The predicted octanol–water partition coefficient (Wildman–Crippen LogP) is -1.98. The van der Waals surface area contributed by atoms with Gasteiger partial charge in [-0.15, -0.1) is 0 Å². The first-order valence-corrected chi connectivity index (χ1v) is 8.72. The average molecular weight is 356 g/mol. The summed E-state index contributed by atoms with van der Waals surface area (Å²) in [6.07, 6.45) is -2.37. The predicted molar refractivity (Wildman–Crippen MR) is 78.7 cm³/mol. The van der Waals surface area contributed by atoms with E-state index in [1.807, 2.05) is 4.98 Å². The Labute approximate surface area is 129 Å². The number of aromatic nitrogens is 2. The van der Waals surface area contributed by atoms with Crippen LogP contribution < -0.4 is 11.2 Å². The largest absolute Gasteiger partial charge is 0.394 e. The molecule has 0 spiro atoms. The van der Waals surface area contributed by atoms with Crippen LogP contribution >= 0.6 is 6.72 Å². The lowest BCUT2D eigenvalue weighted by Crippen LogP contribution is -2.40. The number of hydrogen-bond acceptors (Lipinski definition) is 7. The highest BCUT2D eigenvalue weighted by molar-refractivity contribution is 8.06. The molecule has 1 aromatic rings. The Balaban J connectivity index is 2.93. The molecule has 0 aliphatic rings. The Bertz CT molecular complexity index is 638. The summed E-state index contributed by atoms with van der Waals surface area (Å²) >= 11 is 4.26. The Hall–Kier alpha value is -0.910. The van der Waals surface area contributed by atoms with E-state index >= 15 is 0 Å². The fourth-order valence-corrected chi connectivity index (χ4v) is 2.09. The van der Waals surface area contributed by atoms with Crippen molar-refractivity contribution >= 4 is 18.5 Å². The molecule has 1 aromatic heterocycles. The van der Waals surface area contributed by atoms with E-state index < -0.39 is 49.6 Å². The Morgan fingerprint density at radius 1 is 1.45 bits per heavy atom. The van der Waals surface area contributed by atoms with Crippen LogP contribution in [0.25, 0.3) is 0 Å². The van der Waals surface area contributed by atoms with Crippen molar-refractivity contribution in [3.63, 3.8) is 0 Å². The SMILES string of the molecule is C[C@H](O)[C@@H](O[C@@H](CO)COP(O)(O)=S)n1ccc(=O)[nH]c1=O. The number of H-pyrrole nitrogens is 1. The second-order valence-corrected chi connectivity index (χ2v) is 7.04. The van der Waals surface area contributed by atoms with Gasteiger partial charge in [-0.05, 0) is 18.7 Å². The normalized spacial score (nSPS) is 16.2. The van der Waals surface area contributed by atoms with Gasteiger partial charge < -0.3 is 29.3 Å². The maximum absolute atomic E-state index is 11.7. The number of ether oxygens (including phenoxy) is 1. The van der Waals surface area contributed by atoms with Crippen LogP contribution in [0.2, 0.25) is 0 Å². The molecule has 10 nitrogen and oxygen atoms in total. The molecule has 12 heteroatoms. The van der Waals surface area contributed by atoms with Crippen LogP contribution in [0.1, 0.15) is 13.2 Å². The Morgan fingerprint density at radius 2 is 2.09 bits per heavy atom. The molecule has 0 saturated carbocycles. The minimum Gasteiger partial charge on any atom is -0.394 e. The van der Waals surface area contributed by atoms with Crippen molar-refractivity contribution < 1.29 is 29.3 Å². The van der Waals surface area contributed by atoms with E-state index in [2.05, 4.69) is 16.3 Å². The van der Waals surface area contributed by atoms with Gasteiger partial charge in [0.1, 0.15) is 6.10 Å². The molecule has 0 radical (unpaired) electrons. The zero-order valence-electron chi connectivity index (χ0n) is 11.5. The standard InChI is InChI=1S/C10H17N2O8PS/c1-6(14)9(12-3-2-8(15)11-10(12)16)20-7(4-13)5-19-21(17,18)22/h2-3,6-7,9,13-14H,4-5H2,1H3,(H,11,15,16)(H2,17,18,22)/t6-,7-,9+/m0/s1. The molecule has 1 rings (SSSR count). The average Bonchev–Trinajstić information content (AvgIpc) is 2.39. The van der Waals surface area contributed by atoms with Gasteiger partial charge in [0.2, 0.25) is 0 Å². The summed E-state index contributed by atoms with van der Waals surface area (Å²) in [4.78, 5) is 42.7. The minimum absolute atomic E-state index is 0.456. The van der Waals surface area contributed by atoms with Crippen LogP contribution in [-0.4, -0.2) is 55.0 Å². The molecule has 0 aliphatic heterocycles. The van der Waals surface area contributed by atoms with Crippen molar-refractivity contribution in [2.45, 2.75) is 25.4 Å². The highest BCUT2D eigenvalue weighted by atomic mass is 32.5. The van der Waals surface area contributed by atoms with E-state index in [-0.39, 0.29) is 0 Å². The van der Waals surface area contributed by atoms with Crippen LogP contribution in [0.5, 0.6) is 0 Å². The summed E-state index contributed by atoms with van der Waals surface area (Å²) in [7, 11) is 0. The van der Waals surface area contributed by atoms with Crippen molar-refractivity contribution in [3.8, 4) is 0 Å². The number of nitrogens with zero attached hydrogens (tertiary/aromatic N) is 1. The van der Waals surface area contributed by atoms with E-state index in [0.29, 0.717) is 0 Å². The molecule has 5 N–H and O–H groups in total. The molecule has 0 unspecified atom stereocenters. The van der Waals surface area contributed by atoms with Crippen molar-refractivity contribution in [2.24, 2.45) is 0 Å². The third-order valence-electron chi connectivity index (χ3n) is 2.50. The molecule has 1 heterocycles. The lowest BCUT2D eigenvalue weighted by atomic mass is 10.3. The van der Waals surface area contributed by atoms with Crippen LogP contribution in [0.4, 0.5) is 0 Å². The summed E-state index contributed by atoms with van der Waals surface area (Å²) in [5, 5.41) is 18.9. The first-order valence-electron chi connectivity index (χ1n) is 6.10. The molecule has 0 aromatic carbocycles. The van der Waals surface area contributed by atoms with Crippen molar-refractivity contribution in [1.29, 1.82) is 0 Å². The Kier molecular flexibility index (Phi) is 7.03.